The number of fused-ring (bicyclic) bond motifs is 2. The quantitative estimate of drug-likeness (QED) is 0.276. The van der Waals surface area contributed by atoms with Gasteiger partial charge in [0.25, 0.3) is 5.91 Å². The average Bonchev–Trinajstić information content (AvgIpc) is 3.47. The fourth-order valence-electron chi connectivity index (χ4n) is 4.53. The monoisotopic (exact) mass is 500 g/mol. The Kier molecular flexibility index (Phi) is 5.90. The number of aromatic nitrogens is 6. The number of phenolic OH excluding ortho intramolecular Hbond substituents is 2. The molecular formula is C26H28N8O3. The van der Waals surface area contributed by atoms with Gasteiger partial charge in [0.05, 0.1) is 11.7 Å². The highest BCUT2D eigenvalue weighted by Gasteiger charge is 2.23. The Hall–Kier alpha value is -4.67. The van der Waals surface area contributed by atoms with Gasteiger partial charge in [-0.2, -0.15) is 10.2 Å². The summed E-state index contributed by atoms with van der Waals surface area (Å²) in [5.41, 5.74) is 4.18. The summed E-state index contributed by atoms with van der Waals surface area (Å²) in [5, 5.41) is 36.5. The number of benzene rings is 2. The number of nitrogens with one attached hydrogen (secondary N) is 2. The maximum atomic E-state index is 13.7. The van der Waals surface area contributed by atoms with Crippen molar-refractivity contribution < 1.29 is 15.0 Å². The number of amides is 1. The van der Waals surface area contributed by atoms with Crippen LogP contribution in [0.2, 0.25) is 0 Å². The fraction of sp³-hybridized carbons (Fsp3) is 0.269. The molecule has 0 spiro atoms. The first kappa shape index (κ1) is 24.0. The summed E-state index contributed by atoms with van der Waals surface area (Å²) in [4.78, 5) is 24.6. The van der Waals surface area contributed by atoms with Gasteiger partial charge in [0, 0.05) is 60.3 Å². The maximum absolute atomic E-state index is 13.7. The summed E-state index contributed by atoms with van der Waals surface area (Å²) >= 11 is 0. The lowest BCUT2D eigenvalue weighted by molar-refractivity contribution is 0.0781. The van der Waals surface area contributed by atoms with E-state index in [1.165, 1.54) is 12.1 Å². The van der Waals surface area contributed by atoms with Crippen LogP contribution in [0.3, 0.4) is 0 Å². The number of aromatic amines is 1. The Labute approximate surface area is 212 Å². The molecule has 11 heteroatoms. The smallest absolute Gasteiger partial charge is 0.273 e. The molecule has 0 aliphatic carbocycles. The van der Waals surface area contributed by atoms with Crippen LogP contribution in [0.1, 0.15) is 34.2 Å². The molecule has 3 aromatic heterocycles. The number of hydrogen-bond acceptors (Lipinski definition) is 8. The second-order valence-corrected chi connectivity index (χ2v) is 8.97. The lowest BCUT2D eigenvalue weighted by Gasteiger charge is -2.18. The summed E-state index contributed by atoms with van der Waals surface area (Å²) in [6.07, 6.45) is 1.77. The van der Waals surface area contributed by atoms with Crippen LogP contribution < -0.4 is 5.32 Å². The zero-order valence-corrected chi connectivity index (χ0v) is 21.3. The predicted octanol–water partition coefficient (Wildman–Crippen LogP) is 3.73. The van der Waals surface area contributed by atoms with Gasteiger partial charge >= 0.3 is 0 Å². The highest BCUT2D eigenvalue weighted by atomic mass is 16.3. The highest BCUT2D eigenvalue weighted by Crippen LogP contribution is 2.38. The first-order valence-electron chi connectivity index (χ1n) is 11.9. The number of hydrogen-bond donors (Lipinski definition) is 4. The van der Waals surface area contributed by atoms with Gasteiger partial charge in [-0.15, -0.1) is 0 Å². The molecule has 0 radical (unpaired) electrons. The fourth-order valence-corrected chi connectivity index (χ4v) is 4.53. The summed E-state index contributed by atoms with van der Waals surface area (Å²) in [5.74, 6) is 0.557. The molecule has 0 saturated heterocycles. The van der Waals surface area contributed by atoms with Gasteiger partial charge in [0.1, 0.15) is 22.7 Å². The third kappa shape index (κ3) is 3.98. The zero-order valence-electron chi connectivity index (χ0n) is 21.3. The van der Waals surface area contributed by atoms with Crippen molar-refractivity contribution >= 4 is 33.5 Å². The van der Waals surface area contributed by atoms with Crippen LogP contribution in [-0.2, 0) is 13.1 Å². The number of carbonyl (C=O) groups excluding carboxylic acids is 1. The second kappa shape index (κ2) is 9.08. The molecule has 190 valence electrons. The number of carbonyl (C=O) groups is 1. The van der Waals surface area contributed by atoms with E-state index < -0.39 is 0 Å². The molecule has 5 rings (SSSR count). The molecule has 2 aromatic carbocycles. The molecule has 11 nitrogen and oxygen atoms in total. The van der Waals surface area contributed by atoms with Gasteiger partial charge in [-0.05, 0) is 45.0 Å². The van der Waals surface area contributed by atoms with E-state index in [0.717, 1.165) is 17.8 Å². The van der Waals surface area contributed by atoms with E-state index in [9.17, 15) is 15.0 Å². The second-order valence-electron chi connectivity index (χ2n) is 8.97. The van der Waals surface area contributed by atoms with Crippen molar-refractivity contribution in [2.45, 2.75) is 33.9 Å². The summed E-state index contributed by atoms with van der Waals surface area (Å²) < 4.78 is 1.88. The molecule has 0 aliphatic rings. The molecule has 0 bridgehead atoms. The molecule has 1 amide bonds. The van der Waals surface area contributed by atoms with Crippen molar-refractivity contribution in [1.29, 1.82) is 0 Å². The van der Waals surface area contributed by atoms with Crippen LogP contribution in [0.25, 0.3) is 33.2 Å². The average molecular weight is 501 g/mol. The van der Waals surface area contributed by atoms with Crippen LogP contribution in [0.5, 0.6) is 11.5 Å². The van der Waals surface area contributed by atoms with E-state index in [4.69, 9.17) is 0 Å². The van der Waals surface area contributed by atoms with Crippen molar-refractivity contribution in [2.75, 3.05) is 19.4 Å². The van der Waals surface area contributed by atoms with Crippen molar-refractivity contribution in [1.82, 2.24) is 34.8 Å². The number of rotatable bonds is 6. The van der Waals surface area contributed by atoms with E-state index in [1.54, 1.807) is 38.2 Å². The van der Waals surface area contributed by atoms with Gasteiger partial charge in [-0.25, -0.2) is 9.97 Å². The summed E-state index contributed by atoms with van der Waals surface area (Å²) in [7, 11) is 3.44. The number of aromatic hydroxyl groups is 2. The molecular weight excluding hydrogens is 472 g/mol. The predicted molar refractivity (Wildman–Crippen MR) is 141 cm³/mol. The van der Waals surface area contributed by atoms with E-state index in [1.807, 2.05) is 24.6 Å². The number of aryl methyl sites for hydroxylation is 1. The molecule has 37 heavy (non-hydrogen) atoms. The number of H-pyrrole nitrogens is 1. The Balaban J connectivity index is 1.65. The van der Waals surface area contributed by atoms with Crippen LogP contribution in [-0.4, -0.2) is 65.1 Å². The number of nitrogens with zero attached hydrogens (tertiary/aromatic N) is 6. The summed E-state index contributed by atoms with van der Waals surface area (Å²) in [6, 6.07) is 6.49. The lowest BCUT2D eigenvalue weighted by Crippen LogP contribution is -2.27. The number of phenols is 2. The molecule has 0 unspecified atom stereocenters. The van der Waals surface area contributed by atoms with Gasteiger partial charge in [-0.1, -0.05) is 0 Å². The van der Waals surface area contributed by atoms with E-state index in [-0.39, 0.29) is 28.9 Å². The molecule has 3 heterocycles. The minimum absolute atomic E-state index is 0.00734. The third-order valence-corrected chi connectivity index (χ3v) is 6.71. The molecule has 0 saturated carbocycles. The highest BCUT2D eigenvalue weighted by molar-refractivity contribution is 6.05. The van der Waals surface area contributed by atoms with Gasteiger partial charge in [-0.3, -0.25) is 14.6 Å². The largest absolute Gasteiger partial charge is 0.508 e. The van der Waals surface area contributed by atoms with Gasteiger partial charge in [0.15, 0.2) is 11.6 Å². The van der Waals surface area contributed by atoms with Crippen molar-refractivity contribution in [3.63, 3.8) is 0 Å². The third-order valence-electron chi connectivity index (χ3n) is 6.71. The summed E-state index contributed by atoms with van der Waals surface area (Å²) in [6.45, 7) is 6.83. The van der Waals surface area contributed by atoms with Crippen LogP contribution >= 0.6 is 0 Å². The Morgan fingerprint density at radius 2 is 1.95 bits per heavy atom. The van der Waals surface area contributed by atoms with Crippen molar-refractivity contribution in [3.05, 3.63) is 53.0 Å². The zero-order chi connectivity index (χ0) is 26.4. The van der Waals surface area contributed by atoms with Gasteiger partial charge in [0.2, 0.25) is 0 Å². The van der Waals surface area contributed by atoms with E-state index in [2.05, 4.69) is 30.6 Å². The molecule has 5 aromatic rings. The normalized spacial score (nSPS) is 11.4. The van der Waals surface area contributed by atoms with E-state index in [0.29, 0.717) is 45.3 Å². The number of anilines is 1. The Morgan fingerprint density at radius 1 is 1.16 bits per heavy atom. The molecule has 0 fully saturated rings. The topological polar surface area (TPSA) is 145 Å². The SMILES string of the molecule is CCn1ncc(CN(C)C(=O)c2nc(-c3cc4c(NC)n[nH]c4c(O)c3C)nc3ccc(O)cc23)c1C. The maximum Gasteiger partial charge on any atom is 0.273 e. The molecule has 0 aliphatic heterocycles. The van der Waals surface area contributed by atoms with E-state index >= 15 is 0 Å². The Morgan fingerprint density at radius 3 is 2.65 bits per heavy atom. The minimum atomic E-state index is -0.329. The van der Waals surface area contributed by atoms with Crippen LogP contribution in [0, 0.1) is 13.8 Å². The molecule has 4 N–H and O–H groups in total. The van der Waals surface area contributed by atoms with Crippen LogP contribution in [0.4, 0.5) is 5.82 Å². The van der Waals surface area contributed by atoms with Gasteiger partial charge < -0.3 is 20.4 Å². The standard InChI is InChI=1S/C26H28N8O3/c1-6-34-14(3)15(11-28-34)12-33(5)26(37)22-18-9-16(35)7-8-20(18)29-25(30-22)17-10-19-21(23(36)13(17)2)31-32-24(19)27-4/h7-11,35-36H,6,12H2,1-5H3,(H2,27,31,32). The molecule has 0 atom stereocenters. The first-order valence-corrected chi connectivity index (χ1v) is 11.9. The van der Waals surface area contributed by atoms with Crippen molar-refractivity contribution in [3.8, 4) is 22.9 Å². The lowest BCUT2D eigenvalue weighted by atomic mass is 10.0. The first-order chi connectivity index (χ1) is 17.7. The minimum Gasteiger partial charge on any atom is -0.508 e. The Bertz CT molecular complexity index is 1670. The van der Waals surface area contributed by atoms with Crippen molar-refractivity contribution in [2.24, 2.45) is 0 Å². The van der Waals surface area contributed by atoms with Crippen LogP contribution in [0.15, 0.2) is 30.5 Å².